The predicted octanol–water partition coefficient (Wildman–Crippen LogP) is -2.72. The van der Waals surface area contributed by atoms with Crippen LogP contribution >= 0.6 is 0 Å². The number of aromatic nitrogens is 2. The standard InChI is InChI=1S/C76H131N21O19/c1-12-45(8)60(95-65(108)49(25-18-22-32-78)87-67(110)55(37-47-39-82-41-84-47)90-62(105)48(24-17-21-31-77)86-64(107)51(85-46(9)99)27-28-58(100)101)71(114)91-54(36-44(6)7)70(113)97-75(10)29-19-15-13-14-16-20-30-76(11,73(116)94-56(38-59(102)103)68(111)92-57(40-98)61(79)104)96-69(112)53(35-43(4)5)89-66(109)52(34-42(2)3)88-63(106)50(93-72(75)115)26-23-33-83-74(80)81/h13-14,39,41-45,48-57,60,98H,12,15-38,40,77-78H2,1-11H3,(H2,79,104)(H,82,84)(H,85,99)(H,86,107)(H,87,110)(H,88,106)(H,89,109)(H,90,105)(H,91,114)(H,92,111)(H,93,115)(H,94,116)(H,95,108)(H,96,112)(H,97,113)(H,100,101)(H,102,103)(H4,80,81,83)/b14-13-/t45-,48-,49-,50-,51-,52-,53-,54-,55-,56-,57-,60-,75-,76-/m0/s1. The molecule has 0 aromatic carbocycles. The minimum atomic E-state index is -1.95. The van der Waals surface area contributed by atoms with E-state index >= 15 is 14.4 Å². The number of aliphatic hydroxyl groups excluding tert-OH is 1. The van der Waals surface area contributed by atoms with Gasteiger partial charge in [-0.05, 0) is 166 Å². The van der Waals surface area contributed by atoms with Gasteiger partial charge in [-0.15, -0.1) is 0 Å². The molecular formula is C76H131N21O19. The highest BCUT2D eigenvalue weighted by Gasteiger charge is 2.44. The van der Waals surface area contributed by atoms with Crippen LogP contribution in [-0.2, 0) is 83.1 Å². The Hall–Kier alpha value is -10.4. The number of rotatable bonds is 46. The molecule has 1 aliphatic rings. The molecule has 1 aromatic heterocycles. The zero-order chi connectivity index (χ0) is 87.6. The van der Waals surface area contributed by atoms with Crippen molar-refractivity contribution in [3.05, 3.63) is 30.4 Å². The van der Waals surface area contributed by atoms with Crippen LogP contribution in [0.4, 0.5) is 0 Å². The molecule has 0 saturated carbocycles. The number of primary amides is 1. The van der Waals surface area contributed by atoms with Gasteiger partial charge in [0, 0.05) is 38.2 Å². The van der Waals surface area contributed by atoms with Crippen molar-refractivity contribution < 1.29 is 92.0 Å². The minimum absolute atomic E-state index is 0.00331. The van der Waals surface area contributed by atoms with E-state index in [1.807, 2.05) is 0 Å². The first-order valence-electron chi connectivity index (χ1n) is 39.9. The summed E-state index contributed by atoms with van der Waals surface area (Å²) in [4.78, 5) is 234. The van der Waals surface area contributed by atoms with E-state index in [1.54, 1.807) is 67.5 Å². The number of unbranched alkanes of at least 4 members (excludes halogenated alkanes) is 2. The molecule has 0 aliphatic carbocycles. The first kappa shape index (κ1) is 102. The smallest absolute Gasteiger partial charge is 0.305 e. The number of amides is 14. The van der Waals surface area contributed by atoms with E-state index in [-0.39, 0.29) is 153 Å². The summed E-state index contributed by atoms with van der Waals surface area (Å²) in [5, 5.41) is 63.4. The molecule has 14 amide bonds. The molecule has 0 bridgehead atoms. The van der Waals surface area contributed by atoms with E-state index in [1.165, 1.54) is 26.4 Å². The number of H-pyrrole nitrogens is 1. The topological polar surface area (TPSA) is 661 Å². The number of aromatic amines is 1. The molecule has 0 radical (unpaired) electrons. The third-order valence-corrected chi connectivity index (χ3v) is 19.4. The second-order valence-electron chi connectivity index (χ2n) is 31.3. The summed E-state index contributed by atoms with van der Waals surface area (Å²) < 4.78 is 0. The third kappa shape index (κ3) is 37.9. The zero-order valence-corrected chi connectivity index (χ0v) is 69.0. The van der Waals surface area contributed by atoms with Gasteiger partial charge in [0.1, 0.15) is 77.5 Å². The molecule has 1 aliphatic heterocycles. The van der Waals surface area contributed by atoms with E-state index < -0.39 is 198 Å². The average molecular weight is 1640 g/mol. The summed E-state index contributed by atoms with van der Waals surface area (Å²) in [6, 6.07) is -16.2. The van der Waals surface area contributed by atoms with Crippen LogP contribution in [-0.4, -0.2) is 230 Å². The molecule has 0 unspecified atom stereocenters. The lowest BCUT2D eigenvalue weighted by Gasteiger charge is -2.34. The van der Waals surface area contributed by atoms with Crippen molar-refractivity contribution in [2.45, 2.75) is 295 Å². The molecule has 0 fully saturated rings. The van der Waals surface area contributed by atoms with Gasteiger partial charge in [-0.1, -0.05) is 74.0 Å². The first-order valence-corrected chi connectivity index (χ1v) is 39.9. The maximum Gasteiger partial charge on any atom is 0.305 e. The number of hydrogen-bond donors (Lipinski definition) is 22. The van der Waals surface area contributed by atoms with Crippen LogP contribution in [0.5, 0.6) is 0 Å². The van der Waals surface area contributed by atoms with E-state index in [0.717, 1.165) is 6.92 Å². The lowest BCUT2D eigenvalue weighted by atomic mass is 9.90. The molecule has 654 valence electrons. The number of aliphatic imine (C=N–C) groups is 1. The van der Waals surface area contributed by atoms with Gasteiger partial charge >= 0.3 is 11.9 Å². The van der Waals surface area contributed by atoms with Gasteiger partial charge in [0.05, 0.1) is 19.4 Å². The maximum absolute atomic E-state index is 15.3. The lowest BCUT2D eigenvalue weighted by Crippen LogP contribution is -2.65. The van der Waals surface area contributed by atoms with Gasteiger partial charge < -0.3 is 118 Å². The Balaban J connectivity index is 2.82. The van der Waals surface area contributed by atoms with E-state index in [2.05, 4.69) is 84.1 Å². The lowest BCUT2D eigenvalue weighted by molar-refractivity contribution is -0.142. The Bertz CT molecular complexity index is 3480. The number of nitrogens with two attached hydrogens (primary N) is 5. The second kappa shape index (κ2) is 52.3. The number of carboxylic acids is 2. The highest BCUT2D eigenvalue weighted by Crippen LogP contribution is 2.23. The normalized spacial score (nSPS) is 20.5. The molecule has 1 aromatic rings. The van der Waals surface area contributed by atoms with Gasteiger partial charge in [0.2, 0.25) is 82.7 Å². The van der Waals surface area contributed by atoms with Gasteiger partial charge in [-0.3, -0.25) is 81.7 Å². The number of imidazole rings is 1. The summed E-state index contributed by atoms with van der Waals surface area (Å²) in [7, 11) is 0. The first-order chi connectivity index (χ1) is 54.5. The van der Waals surface area contributed by atoms with Crippen molar-refractivity contribution >= 4 is 101 Å². The second-order valence-corrected chi connectivity index (χ2v) is 31.3. The van der Waals surface area contributed by atoms with Crippen LogP contribution < -0.4 is 97.8 Å². The maximum atomic E-state index is 15.3. The average Bonchev–Trinajstić information content (AvgIpc) is 1.06. The summed E-state index contributed by atoms with van der Waals surface area (Å²) >= 11 is 0. The minimum Gasteiger partial charge on any atom is -0.481 e. The van der Waals surface area contributed by atoms with E-state index in [9.17, 15) is 77.6 Å². The number of allylic oxidation sites excluding steroid dienone is 2. The SMILES string of the molecule is CC[C@H](C)[C@H](NC(=O)[C@H](CCCCN)NC(=O)[C@H](Cc1cnc[nH]1)NC(=O)[C@H](CCCCN)NC(=O)[C@H](CCC(=O)O)NC(C)=O)C(=O)N[C@@H](CC(C)C)C(=O)N[C@@]1(C)CCC/C=C\CCC[C@@](C)(C(=O)N[C@@H](CC(=O)O)C(=O)N[C@@H](CO)C(N)=O)NC(=O)[C@H](CC(C)C)NC(=O)[C@H](CC(C)C)NC(=O)[C@H](CCCN=C(N)N)NC1=O. The molecule has 2 heterocycles. The van der Waals surface area contributed by atoms with Gasteiger partial charge in [0.15, 0.2) is 5.96 Å². The highest BCUT2D eigenvalue weighted by atomic mass is 16.4. The summed E-state index contributed by atoms with van der Waals surface area (Å²) in [5.41, 5.74) is 24.8. The molecule has 2 rings (SSSR count). The summed E-state index contributed by atoms with van der Waals surface area (Å²) in [5.74, 6) is -17.2. The van der Waals surface area contributed by atoms with Crippen molar-refractivity contribution in [1.29, 1.82) is 0 Å². The fourth-order valence-corrected chi connectivity index (χ4v) is 12.7. The molecule has 40 heteroatoms. The Morgan fingerprint density at radius 2 is 1.09 bits per heavy atom. The summed E-state index contributed by atoms with van der Waals surface area (Å²) in [6.07, 6.45) is 6.19. The number of aliphatic hydroxyl groups is 1. The van der Waals surface area contributed by atoms with Crippen LogP contribution in [0.1, 0.15) is 217 Å². The highest BCUT2D eigenvalue weighted by molar-refractivity contribution is 6.02. The number of guanidine groups is 1. The summed E-state index contributed by atoms with van der Waals surface area (Å²) in [6.45, 7) is 17.4. The Kier molecular flexibility index (Phi) is 45.8. The van der Waals surface area contributed by atoms with Gasteiger partial charge in [-0.2, -0.15) is 0 Å². The van der Waals surface area contributed by atoms with Gasteiger partial charge in [-0.25, -0.2) is 4.98 Å². The van der Waals surface area contributed by atoms with E-state index in [0.29, 0.717) is 25.0 Å². The van der Waals surface area contributed by atoms with Crippen LogP contribution in [0.3, 0.4) is 0 Å². The predicted molar refractivity (Wildman–Crippen MR) is 428 cm³/mol. The number of nitrogens with zero attached hydrogens (tertiary/aromatic N) is 2. The van der Waals surface area contributed by atoms with Crippen LogP contribution in [0.2, 0.25) is 0 Å². The van der Waals surface area contributed by atoms with E-state index in [4.69, 9.17) is 28.7 Å². The van der Waals surface area contributed by atoms with Crippen molar-refractivity contribution in [2.24, 2.45) is 57.3 Å². The van der Waals surface area contributed by atoms with Crippen molar-refractivity contribution in [2.75, 3.05) is 26.2 Å². The van der Waals surface area contributed by atoms with Crippen LogP contribution in [0.25, 0.3) is 0 Å². The Morgan fingerprint density at radius 3 is 1.58 bits per heavy atom. The molecule has 14 atom stereocenters. The van der Waals surface area contributed by atoms with Gasteiger partial charge in [0.25, 0.3) is 0 Å². The molecule has 0 saturated heterocycles. The van der Waals surface area contributed by atoms with Crippen LogP contribution in [0.15, 0.2) is 29.7 Å². The molecular weight excluding hydrogens is 1510 g/mol. The van der Waals surface area contributed by atoms with Crippen LogP contribution in [0, 0.1) is 23.7 Å². The van der Waals surface area contributed by atoms with Crippen molar-refractivity contribution in [1.82, 2.24) is 79.1 Å². The number of aliphatic carboxylic acids is 2. The van der Waals surface area contributed by atoms with Crippen molar-refractivity contribution in [3.63, 3.8) is 0 Å². The van der Waals surface area contributed by atoms with Crippen molar-refractivity contribution in [3.8, 4) is 0 Å². The number of carboxylic acid groups (broad SMARTS) is 2. The number of hydrogen-bond acceptors (Lipinski definition) is 21. The third-order valence-electron chi connectivity index (χ3n) is 19.4. The fraction of sp³-hybridized carbons (Fsp3) is 0.711. The molecule has 40 nitrogen and oxygen atoms in total. The number of carbonyl (C=O) groups is 16. The zero-order valence-electron chi connectivity index (χ0n) is 69.0. The molecule has 0 spiro atoms. The quantitative estimate of drug-likeness (QED) is 0.0136. The fourth-order valence-electron chi connectivity index (χ4n) is 12.7. The largest absolute Gasteiger partial charge is 0.481 e. The molecule has 27 N–H and O–H groups in total. The molecule has 116 heavy (non-hydrogen) atoms. The monoisotopic (exact) mass is 1640 g/mol. The Morgan fingerprint density at radius 1 is 0.578 bits per heavy atom. The Labute approximate surface area is 678 Å². The number of carbonyl (C=O) groups excluding carboxylic acids is 14. The number of nitrogens with one attached hydrogen (secondary N) is 14.